The number of hydrogen-bond acceptors (Lipinski definition) is 3. The summed E-state index contributed by atoms with van der Waals surface area (Å²) in [5.74, 6) is -2.42. The van der Waals surface area contributed by atoms with Gasteiger partial charge in [0.15, 0.2) is 0 Å². The molecule has 0 heterocycles. The van der Waals surface area contributed by atoms with Crippen molar-refractivity contribution in [1.82, 2.24) is 0 Å². The molecule has 1 aromatic rings. The molecule has 0 unspecified atom stereocenters. The second kappa shape index (κ2) is 4.94. The van der Waals surface area contributed by atoms with Crippen LogP contribution in [0.5, 0.6) is 0 Å². The van der Waals surface area contributed by atoms with Crippen LogP contribution in [0.2, 0.25) is 0 Å². The van der Waals surface area contributed by atoms with Gasteiger partial charge in [-0.05, 0) is 18.2 Å². The fraction of sp³-hybridized carbons (Fsp3) is 0.200. The number of nitrogens with one attached hydrogen (secondary N) is 1. The Bertz CT molecular complexity index is 486. The molecular weight excluding hydrogens is 253 g/mol. The van der Waals surface area contributed by atoms with E-state index in [1.165, 1.54) is 0 Å². The quantitative estimate of drug-likeness (QED) is 0.762. The van der Waals surface area contributed by atoms with Gasteiger partial charge in [0, 0.05) is 5.69 Å². The SMILES string of the molecule is NC(=O)c1ccc(NCC(=O)O)cc1C(F)(F)F. The lowest BCUT2D eigenvalue weighted by molar-refractivity contribution is -0.138. The van der Waals surface area contributed by atoms with E-state index < -0.39 is 35.7 Å². The summed E-state index contributed by atoms with van der Waals surface area (Å²) in [4.78, 5) is 21.1. The van der Waals surface area contributed by atoms with Crippen molar-refractivity contribution in [2.45, 2.75) is 6.18 Å². The van der Waals surface area contributed by atoms with E-state index in [1.807, 2.05) is 0 Å². The average molecular weight is 262 g/mol. The lowest BCUT2D eigenvalue weighted by Crippen LogP contribution is -2.19. The molecule has 0 fully saturated rings. The minimum absolute atomic E-state index is 0.0604. The van der Waals surface area contributed by atoms with Crippen LogP contribution in [-0.2, 0) is 11.0 Å². The lowest BCUT2D eigenvalue weighted by Gasteiger charge is -2.13. The third-order valence-corrected chi connectivity index (χ3v) is 2.03. The van der Waals surface area contributed by atoms with Crippen molar-refractivity contribution in [3.8, 4) is 0 Å². The Morgan fingerprint density at radius 3 is 2.39 bits per heavy atom. The van der Waals surface area contributed by atoms with Crippen LogP contribution < -0.4 is 11.1 Å². The first-order valence-electron chi connectivity index (χ1n) is 4.68. The van der Waals surface area contributed by atoms with Gasteiger partial charge in [-0.2, -0.15) is 13.2 Å². The first-order valence-corrected chi connectivity index (χ1v) is 4.68. The number of hydrogen-bond donors (Lipinski definition) is 3. The molecule has 1 aromatic carbocycles. The van der Waals surface area contributed by atoms with Gasteiger partial charge < -0.3 is 16.2 Å². The Kier molecular flexibility index (Phi) is 3.79. The number of carboxylic acids is 1. The van der Waals surface area contributed by atoms with Crippen molar-refractivity contribution in [3.63, 3.8) is 0 Å². The van der Waals surface area contributed by atoms with Crippen molar-refractivity contribution in [3.05, 3.63) is 29.3 Å². The molecule has 0 aliphatic rings. The first kappa shape index (κ1) is 13.8. The fourth-order valence-corrected chi connectivity index (χ4v) is 1.28. The van der Waals surface area contributed by atoms with E-state index in [9.17, 15) is 22.8 Å². The molecule has 0 bridgehead atoms. The summed E-state index contributed by atoms with van der Waals surface area (Å²) in [6, 6.07) is 2.69. The Morgan fingerprint density at radius 2 is 1.94 bits per heavy atom. The van der Waals surface area contributed by atoms with Gasteiger partial charge in [-0.3, -0.25) is 9.59 Å². The normalized spacial score (nSPS) is 11.1. The van der Waals surface area contributed by atoms with Gasteiger partial charge >= 0.3 is 12.1 Å². The first-order chi connectivity index (χ1) is 8.21. The molecule has 8 heteroatoms. The maximum Gasteiger partial charge on any atom is 0.417 e. The fourth-order valence-electron chi connectivity index (χ4n) is 1.28. The zero-order valence-electron chi connectivity index (χ0n) is 8.91. The van der Waals surface area contributed by atoms with E-state index >= 15 is 0 Å². The van der Waals surface area contributed by atoms with E-state index in [-0.39, 0.29) is 5.69 Å². The van der Waals surface area contributed by atoms with Gasteiger partial charge in [-0.15, -0.1) is 0 Å². The molecule has 0 radical (unpaired) electrons. The Balaban J connectivity index is 3.14. The summed E-state index contributed by atoms with van der Waals surface area (Å²) in [6.07, 6.45) is -4.74. The molecule has 1 rings (SSSR count). The molecule has 0 spiro atoms. The Labute approximate surface area is 99.4 Å². The van der Waals surface area contributed by atoms with Crippen LogP contribution >= 0.6 is 0 Å². The number of carboxylic acid groups (broad SMARTS) is 1. The van der Waals surface area contributed by atoms with Crippen LogP contribution in [0.1, 0.15) is 15.9 Å². The summed E-state index contributed by atoms with van der Waals surface area (Å²) in [5, 5.41) is 10.7. The van der Waals surface area contributed by atoms with Crippen molar-refractivity contribution in [2.24, 2.45) is 5.73 Å². The number of aliphatic carboxylic acids is 1. The number of alkyl halides is 3. The molecule has 1 amide bonds. The van der Waals surface area contributed by atoms with Crippen LogP contribution in [-0.4, -0.2) is 23.5 Å². The van der Waals surface area contributed by atoms with E-state index in [1.54, 1.807) is 0 Å². The maximum absolute atomic E-state index is 12.6. The van der Waals surface area contributed by atoms with Crippen LogP contribution in [0.15, 0.2) is 18.2 Å². The Hall–Kier alpha value is -2.25. The van der Waals surface area contributed by atoms with Gasteiger partial charge in [0.05, 0.1) is 11.1 Å². The molecule has 4 N–H and O–H groups in total. The van der Waals surface area contributed by atoms with Gasteiger partial charge in [0.1, 0.15) is 6.54 Å². The standard InChI is InChI=1S/C10H9F3N2O3/c11-10(12,13)7-3-5(15-4-8(16)17)1-2-6(7)9(14)18/h1-3,15H,4H2,(H2,14,18)(H,16,17). The minimum Gasteiger partial charge on any atom is -0.480 e. The molecule has 0 aromatic heterocycles. The zero-order chi connectivity index (χ0) is 13.9. The van der Waals surface area contributed by atoms with Crippen molar-refractivity contribution in [2.75, 3.05) is 11.9 Å². The molecular formula is C10H9F3N2O3. The molecule has 18 heavy (non-hydrogen) atoms. The van der Waals surface area contributed by atoms with Gasteiger partial charge in [0.2, 0.25) is 5.91 Å². The van der Waals surface area contributed by atoms with Crippen molar-refractivity contribution >= 4 is 17.6 Å². The summed E-state index contributed by atoms with van der Waals surface area (Å²) in [5.41, 5.74) is 2.90. The number of carbonyl (C=O) groups excluding carboxylic acids is 1. The number of amides is 1. The summed E-state index contributed by atoms with van der Waals surface area (Å²) >= 11 is 0. The summed E-state index contributed by atoms with van der Waals surface area (Å²) < 4.78 is 37.9. The van der Waals surface area contributed by atoms with Crippen LogP contribution in [0.25, 0.3) is 0 Å². The molecule has 0 aliphatic carbocycles. The molecule has 0 aliphatic heterocycles. The predicted octanol–water partition coefficient (Wildman–Crippen LogP) is 1.30. The number of anilines is 1. The second-order valence-corrected chi connectivity index (χ2v) is 3.37. The largest absolute Gasteiger partial charge is 0.480 e. The molecule has 5 nitrogen and oxygen atoms in total. The number of benzene rings is 1. The number of nitrogens with two attached hydrogens (primary N) is 1. The lowest BCUT2D eigenvalue weighted by atomic mass is 10.1. The monoisotopic (exact) mass is 262 g/mol. The number of carbonyl (C=O) groups is 2. The Morgan fingerprint density at radius 1 is 1.33 bits per heavy atom. The second-order valence-electron chi connectivity index (χ2n) is 3.37. The molecule has 98 valence electrons. The molecule has 0 saturated carbocycles. The van der Waals surface area contributed by atoms with Crippen molar-refractivity contribution < 1.29 is 27.9 Å². The third kappa shape index (κ3) is 3.37. The topological polar surface area (TPSA) is 92.4 Å². The highest BCUT2D eigenvalue weighted by atomic mass is 19.4. The number of primary amides is 1. The van der Waals surface area contributed by atoms with Crippen LogP contribution in [0.4, 0.5) is 18.9 Å². The summed E-state index contributed by atoms with van der Waals surface area (Å²) in [6.45, 7) is -0.535. The van der Waals surface area contributed by atoms with E-state index in [4.69, 9.17) is 10.8 Å². The average Bonchev–Trinajstić information content (AvgIpc) is 2.24. The molecule has 0 atom stereocenters. The highest BCUT2D eigenvalue weighted by Crippen LogP contribution is 2.33. The minimum atomic E-state index is -4.74. The van der Waals surface area contributed by atoms with E-state index in [2.05, 4.69) is 5.32 Å². The molecule has 0 saturated heterocycles. The highest BCUT2D eigenvalue weighted by Gasteiger charge is 2.35. The summed E-state index contributed by atoms with van der Waals surface area (Å²) in [7, 11) is 0. The predicted molar refractivity (Wildman–Crippen MR) is 56.1 cm³/mol. The smallest absolute Gasteiger partial charge is 0.417 e. The number of rotatable bonds is 4. The van der Waals surface area contributed by atoms with Gasteiger partial charge in [-0.25, -0.2) is 0 Å². The van der Waals surface area contributed by atoms with E-state index in [0.717, 1.165) is 12.1 Å². The van der Waals surface area contributed by atoms with Crippen LogP contribution in [0, 0.1) is 0 Å². The van der Waals surface area contributed by atoms with Gasteiger partial charge in [0.25, 0.3) is 0 Å². The number of halogens is 3. The maximum atomic E-state index is 12.6. The van der Waals surface area contributed by atoms with E-state index in [0.29, 0.717) is 6.07 Å². The zero-order valence-corrected chi connectivity index (χ0v) is 8.91. The third-order valence-electron chi connectivity index (χ3n) is 2.03. The van der Waals surface area contributed by atoms with Crippen molar-refractivity contribution in [1.29, 1.82) is 0 Å². The highest BCUT2D eigenvalue weighted by molar-refractivity contribution is 5.95. The van der Waals surface area contributed by atoms with Crippen LogP contribution in [0.3, 0.4) is 0 Å². The van der Waals surface area contributed by atoms with Gasteiger partial charge in [-0.1, -0.05) is 0 Å².